The van der Waals surface area contributed by atoms with E-state index < -0.39 is 0 Å². The van der Waals surface area contributed by atoms with Crippen molar-refractivity contribution in [1.29, 1.82) is 0 Å². The predicted molar refractivity (Wildman–Crippen MR) is 77.1 cm³/mol. The third kappa shape index (κ3) is 3.00. The molecule has 2 aromatic rings. The minimum Gasteiger partial charge on any atom is -0.423 e. The second-order valence-electron chi connectivity index (χ2n) is 4.65. The van der Waals surface area contributed by atoms with Crippen molar-refractivity contribution in [3.8, 4) is 0 Å². The highest BCUT2D eigenvalue weighted by atomic mass is 16.4. The van der Waals surface area contributed by atoms with Crippen LogP contribution in [0.2, 0.25) is 0 Å². The zero-order chi connectivity index (χ0) is 14.7. The first-order chi connectivity index (χ1) is 9.51. The van der Waals surface area contributed by atoms with Crippen LogP contribution in [0.25, 0.3) is 11.1 Å². The summed E-state index contributed by atoms with van der Waals surface area (Å²) in [5, 5.41) is 11.5. The molecule has 0 aliphatic heterocycles. The van der Waals surface area contributed by atoms with Crippen molar-refractivity contribution in [1.82, 2.24) is 9.88 Å². The molecule has 0 spiro atoms. The Labute approximate surface area is 116 Å². The Hall–Kier alpha value is -2.28. The van der Waals surface area contributed by atoms with Crippen LogP contribution < -0.4 is 10.2 Å². The third-order valence-corrected chi connectivity index (χ3v) is 2.79. The molecular weight excluding hydrogens is 260 g/mol. The highest BCUT2D eigenvalue weighted by molar-refractivity contribution is 5.91. The maximum atomic E-state index is 11.8. The topological polar surface area (TPSA) is 81.8 Å². The number of hydrogen-bond acceptors (Lipinski definition) is 5. The molecule has 2 rings (SSSR count). The van der Waals surface area contributed by atoms with Crippen molar-refractivity contribution >= 4 is 28.8 Å². The number of anilines is 2. The van der Waals surface area contributed by atoms with Crippen LogP contribution in [-0.4, -0.2) is 55.3 Å². The summed E-state index contributed by atoms with van der Waals surface area (Å²) in [6, 6.07) is 5.49. The zero-order valence-corrected chi connectivity index (χ0v) is 11.8. The summed E-state index contributed by atoms with van der Waals surface area (Å²) >= 11 is 0. The van der Waals surface area contributed by atoms with Gasteiger partial charge in [-0.05, 0) is 12.1 Å². The number of benzene rings is 1. The molecule has 1 aromatic carbocycles. The largest absolute Gasteiger partial charge is 0.423 e. The van der Waals surface area contributed by atoms with Gasteiger partial charge in [0, 0.05) is 39.4 Å². The molecule has 0 bridgehead atoms. The molecule has 0 aliphatic carbocycles. The van der Waals surface area contributed by atoms with E-state index in [9.17, 15) is 4.79 Å². The number of fused-ring (bicyclic) bond motifs is 1. The molecule has 2 N–H and O–H groups in total. The van der Waals surface area contributed by atoms with Gasteiger partial charge in [0.1, 0.15) is 5.52 Å². The highest BCUT2D eigenvalue weighted by Gasteiger charge is 2.11. The van der Waals surface area contributed by atoms with Gasteiger partial charge in [0.2, 0.25) is 0 Å². The van der Waals surface area contributed by atoms with Crippen molar-refractivity contribution in [2.24, 2.45) is 0 Å². The number of oxazole rings is 1. The molecule has 0 fully saturated rings. The number of aliphatic hydroxyl groups is 1. The Kier molecular flexibility index (Phi) is 4.09. The van der Waals surface area contributed by atoms with Gasteiger partial charge < -0.3 is 24.6 Å². The second kappa shape index (κ2) is 5.79. The van der Waals surface area contributed by atoms with Crippen molar-refractivity contribution in [2.75, 3.05) is 44.5 Å². The van der Waals surface area contributed by atoms with Gasteiger partial charge in [0.25, 0.3) is 6.01 Å². The molecule has 0 radical (unpaired) electrons. The molecule has 0 saturated heterocycles. The molecular formula is C13H18N4O3. The third-order valence-electron chi connectivity index (χ3n) is 2.79. The fourth-order valence-electron chi connectivity index (χ4n) is 1.65. The maximum absolute atomic E-state index is 11.8. The molecule has 108 valence electrons. The van der Waals surface area contributed by atoms with Crippen LogP contribution >= 0.6 is 0 Å². The summed E-state index contributed by atoms with van der Waals surface area (Å²) < 4.78 is 5.57. The number of aliphatic hydroxyl groups excluding tert-OH is 1. The van der Waals surface area contributed by atoms with Crippen LogP contribution in [0.1, 0.15) is 0 Å². The van der Waals surface area contributed by atoms with E-state index in [-0.39, 0.29) is 19.2 Å². The minimum atomic E-state index is -0.286. The number of nitrogens with zero attached hydrogens (tertiary/aromatic N) is 3. The van der Waals surface area contributed by atoms with Crippen LogP contribution in [0.15, 0.2) is 22.6 Å². The number of likely N-dealkylation sites (N-methyl/N-ethyl adjacent to an activating group) is 1. The molecule has 2 amide bonds. The van der Waals surface area contributed by atoms with E-state index in [1.807, 2.05) is 14.1 Å². The normalized spacial score (nSPS) is 10.6. The van der Waals surface area contributed by atoms with E-state index >= 15 is 0 Å². The number of urea groups is 1. The number of rotatable bonds is 4. The van der Waals surface area contributed by atoms with Gasteiger partial charge in [-0.2, -0.15) is 4.98 Å². The smallest absolute Gasteiger partial charge is 0.321 e. The Bertz CT molecular complexity index is 609. The Morgan fingerprint density at radius 3 is 2.80 bits per heavy atom. The van der Waals surface area contributed by atoms with Gasteiger partial charge in [0.05, 0.1) is 6.61 Å². The van der Waals surface area contributed by atoms with Crippen molar-refractivity contribution in [2.45, 2.75) is 0 Å². The standard InChI is InChI=1S/C13H18N4O3/c1-16(2)13-15-10-5-4-9(8-11(10)20-13)14-12(19)17(3)6-7-18/h4-5,8,18H,6-7H2,1-3H3,(H,14,19). The number of aromatic nitrogens is 1. The maximum Gasteiger partial charge on any atom is 0.321 e. The van der Waals surface area contributed by atoms with E-state index in [0.29, 0.717) is 17.3 Å². The van der Waals surface area contributed by atoms with Gasteiger partial charge in [-0.3, -0.25) is 0 Å². The average molecular weight is 278 g/mol. The summed E-state index contributed by atoms with van der Waals surface area (Å²) in [7, 11) is 5.30. The van der Waals surface area contributed by atoms with Gasteiger partial charge in [-0.25, -0.2) is 4.79 Å². The first kappa shape index (κ1) is 14.1. The summed E-state index contributed by atoms with van der Waals surface area (Å²) in [5.74, 6) is 0. The lowest BCUT2D eigenvalue weighted by molar-refractivity contribution is 0.202. The Morgan fingerprint density at radius 2 is 2.15 bits per heavy atom. The molecule has 7 nitrogen and oxygen atoms in total. The van der Waals surface area contributed by atoms with Gasteiger partial charge >= 0.3 is 6.03 Å². The van der Waals surface area contributed by atoms with Crippen LogP contribution in [0, 0.1) is 0 Å². The number of nitrogens with one attached hydrogen (secondary N) is 1. The van der Waals surface area contributed by atoms with Crippen LogP contribution in [0.4, 0.5) is 16.5 Å². The summed E-state index contributed by atoms with van der Waals surface area (Å²) in [5.41, 5.74) is 1.96. The second-order valence-corrected chi connectivity index (χ2v) is 4.65. The first-order valence-corrected chi connectivity index (χ1v) is 6.22. The van der Waals surface area contributed by atoms with Crippen molar-refractivity contribution in [3.05, 3.63) is 18.2 Å². The van der Waals surface area contributed by atoms with E-state index in [4.69, 9.17) is 9.52 Å². The fourth-order valence-corrected chi connectivity index (χ4v) is 1.65. The summed E-state index contributed by atoms with van der Waals surface area (Å²) in [6.07, 6.45) is 0. The quantitative estimate of drug-likeness (QED) is 0.882. The van der Waals surface area contributed by atoms with Crippen LogP contribution in [0.3, 0.4) is 0 Å². The molecule has 0 unspecified atom stereocenters. The Balaban J connectivity index is 2.17. The van der Waals surface area contributed by atoms with Crippen LogP contribution in [0.5, 0.6) is 0 Å². The number of carbonyl (C=O) groups excluding carboxylic acids is 1. The molecule has 0 saturated carbocycles. The van der Waals surface area contributed by atoms with Crippen molar-refractivity contribution < 1.29 is 14.3 Å². The van der Waals surface area contributed by atoms with Crippen LogP contribution in [-0.2, 0) is 0 Å². The number of carbonyl (C=O) groups is 1. The lowest BCUT2D eigenvalue weighted by Gasteiger charge is -2.16. The van der Waals surface area contributed by atoms with Gasteiger partial charge in [-0.15, -0.1) is 0 Å². The zero-order valence-electron chi connectivity index (χ0n) is 11.8. The predicted octanol–water partition coefficient (Wildman–Crippen LogP) is 1.35. The number of amides is 2. The van der Waals surface area contributed by atoms with E-state index in [0.717, 1.165) is 5.52 Å². The lowest BCUT2D eigenvalue weighted by atomic mass is 10.3. The lowest BCUT2D eigenvalue weighted by Crippen LogP contribution is -2.33. The fraction of sp³-hybridized carbons (Fsp3) is 0.385. The average Bonchev–Trinajstić information content (AvgIpc) is 2.82. The van der Waals surface area contributed by atoms with E-state index in [1.165, 1.54) is 4.90 Å². The minimum absolute atomic E-state index is 0.0722. The molecule has 20 heavy (non-hydrogen) atoms. The highest BCUT2D eigenvalue weighted by Crippen LogP contribution is 2.23. The van der Waals surface area contributed by atoms with Gasteiger partial charge in [0.15, 0.2) is 5.58 Å². The number of hydrogen-bond donors (Lipinski definition) is 2. The monoisotopic (exact) mass is 278 g/mol. The Morgan fingerprint density at radius 1 is 1.40 bits per heavy atom. The van der Waals surface area contributed by atoms with Crippen molar-refractivity contribution in [3.63, 3.8) is 0 Å². The van der Waals surface area contributed by atoms with E-state index in [2.05, 4.69) is 10.3 Å². The first-order valence-electron chi connectivity index (χ1n) is 6.22. The SMILES string of the molecule is CN(CCO)C(=O)Nc1ccc2nc(N(C)C)oc2c1. The molecule has 1 heterocycles. The summed E-state index contributed by atoms with van der Waals surface area (Å²) in [4.78, 5) is 19.3. The molecule has 0 atom stereocenters. The molecule has 7 heteroatoms. The van der Waals surface area contributed by atoms with E-state index in [1.54, 1.807) is 30.1 Å². The molecule has 1 aromatic heterocycles. The van der Waals surface area contributed by atoms with Gasteiger partial charge in [-0.1, -0.05) is 0 Å². The summed E-state index contributed by atoms with van der Waals surface area (Å²) in [6.45, 7) is 0.207. The molecule has 0 aliphatic rings.